The van der Waals surface area contributed by atoms with Crippen molar-refractivity contribution in [3.05, 3.63) is 42.0 Å². The fraction of sp³-hybridized carbons (Fsp3) is 0.500. The van der Waals surface area contributed by atoms with Crippen molar-refractivity contribution in [2.24, 2.45) is 5.92 Å². The Morgan fingerprint density at radius 2 is 1.83 bits per heavy atom. The number of rotatable bonds is 7. The van der Waals surface area contributed by atoms with Crippen LogP contribution in [0, 0.1) is 11.7 Å². The van der Waals surface area contributed by atoms with E-state index in [2.05, 4.69) is 9.97 Å². The van der Waals surface area contributed by atoms with Crippen molar-refractivity contribution in [2.75, 3.05) is 19.7 Å². The van der Waals surface area contributed by atoms with E-state index >= 15 is 0 Å². The number of piperidine rings is 1. The first-order valence-corrected chi connectivity index (χ1v) is 11.3. The summed E-state index contributed by atoms with van der Waals surface area (Å²) >= 11 is 0. The van der Waals surface area contributed by atoms with E-state index in [-0.39, 0.29) is 29.3 Å². The molecule has 1 aliphatic heterocycles. The molecule has 0 bridgehead atoms. The Bertz CT molecular complexity index is 956. The SMILES string of the molecule is O=S(=O)(C1CC1)N1CCC(COc2ncc(-c3cccc(CO)c3F)cn2)CC1. The van der Waals surface area contributed by atoms with Crippen LogP contribution >= 0.6 is 0 Å². The highest BCUT2D eigenvalue weighted by atomic mass is 32.2. The lowest BCUT2D eigenvalue weighted by Gasteiger charge is -2.30. The molecule has 1 saturated carbocycles. The minimum atomic E-state index is -3.10. The number of sulfonamides is 1. The molecule has 1 N–H and O–H groups in total. The van der Waals surface area contributed by atoms with E-state index in [1.54, 1.807) is 16.4 Å². The zero-order valence-corrected chi connectivity index (χ0v) is 16.8. The Morgan fingerprint density at radius 1 is 1.14 bits per heavy atom. The van der Waals surface area contributed by atoms with Gasteiger partial charge in [-0.05, 0) is 31.6 Å². The Balaban J connectivity index is 1.31. The van der Waals surface area contributed by atoms with E-state index in [4.69, 9.17) is 4.74 Å². The number of benzene rings is 1. The Hall–Kier alpha value is -2.10. The molecule has 0 radical (unpaired) electrons. The Morgan fingerprint density at radius 3 is 2.45 bits per heavy atom. The number of nitrogens with zero attached hydrogens (tertiary/aromatic N) is 3. The molecule has 1 aliphatic carbocycles. The Kier molecular flexibility index (Phi) is 5.80. The van der Waals surface area contributed by atoms with Gasteiger partial charge in [-0.25, -0.2) is 27.1 Å². The van der Waals surface area contributed by atoms with Crippen LogP contribution in [0.3, 0.4) is 0 Å². The largest absolute Gasteiger partial charge is 0.463 e. The van der Waals surface area contributed by atoms with E-state index in [1.807, 2.05) is 0 Å². The summed E-state index contributed by atoms with van der Waals surface area (Å²) in [7, 11) is -3.10. The minimum absolute atomic E-state index is 0.162. The van der Waals surface area contributed by atoms with Crippen LogP contribution in [0.4, 0.5) is 4.39 Å². The lowest BCUT2D eigenvalue weighted by Crippen LogP contribution is -2.41. The first-order chi connectivity index (χ1) is 14.0. The summed E-state index contributed by atoms with van der Waals surface area (Å²) in [5.74, 6) is -0.234. The predicted molar refractivity (Wildman–Crippen MR) is 105 cm³/mol. The molecule has 1 aromatic carbocycles. The summed E-state index contributed by atoms with van der Waals surface area (Å²) in [4.78, 5) is 8.31. The van der Waals surface area contributed by atoms with Gasteiger partial charge in [0.2, 0.25) is 10.0 Å². The maximum atomic E-state index is 14.3. The molecular weight excluding hydrogens is 397 g/mol. The van der Waals surface area contributed by atoms with E-state index in [0.717, 1.165) is 25.7 Å². The summed E-state index contributed by atoms with van der Waals surface area (Å²) in [5.41, 5.74) is 1.05. The van der Waals surface area contributed by atoms with Gasteiger partial charge in [-0.1, -0.05) is 18.2 Å². The van der Waals surface area contributed by atoms with Crippen molar-refractivity contribution < 1.29 is 22.7 Å². The summed E-state index contributed by atoms with van der Waals surface area (Å²) in [6.45, 7) is 1.12. The fourth-order valence-electron chi connectivity index (χ4n) is 3.55. The molecule has 156 valence electrons. The molecule has 4 rings (SSSR count). The van der Waals surface area contributed by atoms with Gasteiger partial charge in [0.05, 0.1) is 18.5 Å². The van der Waals surface area contributed by atoms with Crippen molar-refractivity contribution in [1.29, 1.82) is 0 Å². The number of hydrogen-bond donors (Lipinski definition) is 1. The van der Waals surface area contributed by atoms with Gasteiger partial charge in [0.15, 0.2) is 0 Å². The molecule has 0 amide bonds. The first-order valence-electron chi connectivity index (χ1n) is 9.81. The topological polar surface area (TPSA) is 92.6 Å². The number of ether oxygens (including phenoxy) is 1. The van der Waals surface area contributed by atoms with Crippen molar-refractivity contribution >= 4 is 10.0 Å². The van der Waals surface area contributed by atoms with Crippen LogP contribution in [0.15, 0.2) is 30.6 Å². The van der Waals surface area contributed by atoms with Crippen LogP contribution < -0.4 is 4.74 Å². The minimum Gasteiger partial charge on any atom is -0.463 e. The maximum Gasteiger partial charge on any atom is 0.316 e. The zero-order chi connectivity index (χ0) is 20.4. The van der Waals surface area contributed by atoms with E-state index in [9.17, 15) is 17.9 Å². The van der Waals surface area contributed by atoms with Crippen LogP contribution in [0.1, 0.15) is 31.2 Å². The average Bonchev–Trinajstić information content (AvgIpc) is 3.59. The van der Waals surface area contributed by atoms with Gasteiger partial charge in [-0.3, -0.25) is 0 Å². The molecule has 2 aliphatic rings. The third-order valence-electron chi connectivity index (χ3n) is 5.52. The molecule has 0 spiro atoms. The van der Waals surface area contributed by atoms with Crippen molar-refractivity contribution in [2.45, 2.75) is 37.5 Å². The molecule has 7 nitrogen and oxygen atoms in total. The molecule has 1 saturated heterocycles. The van der Waals surface area contributed by atoms with Crippen molar-refractivity contribution in [3.8, 4) is 17.1 Å². The van der Waals surface area contributed by atoms with Crippen LogP contribution in [0.2, 0.25) is 0 Å². The third kappa shape index (κ3) is 4.41. The molecule has 0 unspecified atom stereocenters. The summed E-state index contributed by atoms with van der Waals surface area (Å²) in [5, 5.41) is 9.03. The highest BCUT2D eigenvalue weighted by Crippen LogP contribution is 2.33. The molecule has 9 heteroatoms. The van der Waals surface area contributed by atoms with Crippen LogP contribution in [0.5, 0.6) is 6.01 Å². The fourth-order valence-corrected chi connectivity index (χ4v) is 5.43. The highest BCUT2D eigenvalue weighted by Gasteiger charge is 2.41. The monoisotopic (exact) mass is 421 g/mol. The van der Waals surface area contributed by atoms with Gasteiger partial charge in [0.25, 0.3) is 0 Å². The van der Waals surface area contributed by atoms with Crippen molar-refractivity contribution in [3.63, 3.8) is 0 Å². The van der Waals surface area contributed by atoms with Crippen LogP contribution in [-0.2, 0) is 16.6 Å². The number of aromatic nitrogens is 2. The number of halogens is 1. The summed E-state index contributed by atoms with van der Waals surface area (Å²) < 4.78 is 46.2. The molecule has 2 aromatic rings. The van der Waals surface area contributed by atoms with Crippen LogP contribution in [-0.4, -0.2) is 52.7 Å². The summed E-state index contributed by atoms with van der Waals surface area (Å²) in [6, 6.07) is 5.01. The highest BCUT2D eigenvalue weighted by molar-refractivity contribution is 7.90. The number of hydrogen-bond acceptors (Lipinski definition) is 6. The van der Waals surface area contributed by atoms with Gasteiger partial charge < -0.3 is 9.84 Å². The lowest BCUT2D eigenvalue weighted by molar-refractivity contribution is 0.176. The predicted octanol–water partition coefficient (Wildman–Crippen LogP) is 2.36. The van der Waals surface area contributed by atoms with E-state index in [0.29, 0.717) is 30.8 Å². The molecule has 2 fully saturated rings. The average molecular weight is 421 g/mol. The normalized spacial score (nSPS) is 18.7. The van der Waals surface area contributed by atoms with Gasteiger partial charge >= 0.3 is 6.01 Å². The van der Waals surface area contributed by atoms with Crippen molar-refractivity contribution in [1.82, 2.24) is 14.3 Å². The van der Waals surface area contributed by atoms with E-state index in [1.165, 1.54) is 18.5 Å². The molecule has 29 heavy (non-hydrogen) atoms. The van der Waals surface area contributed by atoms with Gasteiger partial charge in [-0.2, -0.15) is 0 Å². The smallest absolute Gasteiger partial charge is 0.316 e. The quantitative estimate of drug-likeness (QED) is 0.738. The Labute approximate surface area is 169 Å². The number of aliphatic hydroxyl groups is 1. The maximum absolute atomic E-state index is 14.3. The second-order valence-electron chi connectivity index (χ2n) is 7.59. The molecule has 1 aromatic heterocycles. The molecule has 2 heterocycles. The second-order valence-corrected chi connectivity index (χ2v) is 9.80. The first kappa shape index (κ1) is 20.2. The van der Waals surface area contributed by atoms with Gasteiger partial charge in [-0.15, -0.1) is 0 Å². The van der Waals surface area contributed by atoms with Gasteiger partial charge in [0.1, 0.15) is 5.82 Å². The van der Waals surface area contributed by atoms with Gasteiger partial charge in [0, 0.05) is 42.2 Å². The second kappa shape index (κ2) is 8.33. The third-order valence-corrected chi connectivity index (χ3v) is 7.91. The van der Waals surface area contributed by atoms with E-state index < -0.39 is 15.8 Å². The summed E-state index contributed by atoms with van der Waals surface area (Å²) in [6.07, 6.45) is 6.06. The standard InChI is InChI=1S/C20H24FN3O4S/c21-19-15(12-25)2-1-3-18(19)16-10-22-20(23-11-16)28-13-14-6-8-24(9-7-14)29(26,27)17-4-5-17/h1-3,10-11,14,17,25H,4-9,12-13H2. The lowest BCUT2D eigenvalue weighted by atomic mass is 9.99. The molecular formula is C20H24FN3O4S. The van der Waals surface area contributed by atoms with Crippen LogP contribution in [0.25, 0.3) is 11.1 Å². The molecule has 0 atom stereocenters. The zero-order valence-electron chi connectivity index (χ0n) is 16.0. The number of aliphatic hydroxyl groups excluding tert-OH is 1.